The lowest BCUT2D eigenvalue weighted by molar-refractivity contribution is -0.143. The van der Waals surface area contributed by atoms with Crippen LogP contribution in [-0.4, -0.2) is 47.4 Å². The first-order valence-electron chi connectivity index (χ1n) is 27.9. The maximum absolute atomic E-state index is 12.5. The lowest BCUT2D eigenvalue weighted by Crippen LogP contribution is -2.45. The molecule has 0 aliphatic heterocycles. The van der Waals surface area contributed by atoms with Gasteiger partial charge in [0.25, 0.3) is 0 Å². The molecule has 2 atom stereocenters. The first kappa shape index (κ1) is 60.6. The number of amides is 1. The summed E-state index contributed by atoms with van der Waals surface area (Å²) in [4.78, 5) is 24.5. The van der Waals surface area contributed by atoms with Crippen LogP contribution in [0.25, 0.3) is 0 Å². The number of rotatable bonds is 52. The Hall–Kier alpha value is -1.40. The fourth-order valence-corrected chi connectivity index (χ4v) is 8.75. The van der Waals surface area contributed by atoms with E-state index in [1.165, 1.54) is 231 Å². The van der Waals surface area contributed by atoms with Crippen LogP contribution in [0.4, 0.5) is 0 Å². The van der Waals surface area contributed by atoms with Crippen LogP contribution in [0.5, 0.6) is 0 Å². The molecule has 3 N–H and O–H groups in total. The molecule has 0 heterocycles. The lowest BCUT2D eigenvalue weighted by Gasteiger charge is -2.22. The van der Waals surface area contributed by atoms with Gasteiger partial charge in [-0.05, 0) is 51.4 Å². The number of carbonyl (C=O) groups is 2. The van der Waals surface area contributed by atoms with E-state index in [1.54, 1.807) is 0 Å². The molecule has 0 saturated heterocycles. The Labute approximate surface area is 387 Å². The third-order valence-electron chi connectivity index (χ3n) is 13.1. The number of allylic oxidation sites excluding steroid dienone is 2. The number of aliphatic hydroxyl groups excluding tert-OH is 2. The number of hydrogen-bond donors (Lipinski definition) is 3. The SMILES string of the molecule is CCCCCC/C=C\CCCCCCCC(=O)OCCCCCCCCCCCCCCCCCCC(=O)NC(CO)C(O)CCCCCCCCCCCCCCCCCC. The number of unbranched alkanes of at least 4 members (excludes halogenated alkanes) is 39. The highest BCUT2D eigenvalue weighted by molar-refractivity contribution is 5.76. The Kier molecular flexibility index (Phi) is 51.0. The Bertz CT molecular complexity index is 924. The summed E-state index contributed by atoms with van der Waals surface area (Å²) < 4.78 is 5.46. The van der Waals surface area contributed by atoms with E-state index in [4.69, 9.17) is 4.74 Å². The van der Waals surface area contributed by atoms with Crippen molar-refractivity contribution in [2.24, 2.45) is 0 Å². The number of aliphatic hydroxyl groups is 2. The molecule has 0 fully saturated rings. The van der Waals surface area contributed by atoms with Gasteiger partial charge in [-0.1, -0.05) is 257 Å². The van der Waals surface area contributed by atoms with Crippen molar-refractivity contribution in [3.8, 4) is 0 Å². The smallest absolute Gasteiger partial charge is 0.305 e. The summed E-state index contributed by atoms with van der Waals surface area (Å²) in [5, 5.41) is 23.3. The van der Waals surface area contributed by atoms with Gasteiger partial charge in [-0.3, -0.25) is 9.59 Å². The Morgan fingerprint density at radius 3 is 1.16 bits per heavy atom. The molecule has 0 rings (SSSR count). The summed E-state index contributed by atoms with van der Waals surface area (Å²) in [6.45, 7) is 4.94. The molecule has 0 aliphatic rings. The van der Waals surface area contributed by atoms with Crippen LogP contribution < -0.4 is 5.32 Å². The Balaban J connectivity index is 3.42. The molecule has 368 valence electrons. The molecular weight excluding hydrogens is 767 g/mol. The predicted molar refractivity (Wildman–Crippen MR) is 269 cm³/mol. The van der Waals surface area contributed by atoms with Gasteiger partial charge in [-0.25, -0.2) is 0 Å². The fraction of sp³-hybridized carbons (Fsp3) is 0.929. The molecule has 0 aliphatic carbocycles. The van der Waals surface area contributed by atoms with Crippen molar-refractivity contribution in [2.45, 2.75) is 321 Å². The van der Waals surface area contributed by atoms with E-state index >= 15 is 0 Å². The maximum Gasteiger partial charge on any atom is 0.305 e. The number of esters is 1. The third kappa shape index (κ3) is 48.1. The van der Waals surface area contributed by atoms with Crippen LogP contribution in [0, 0.1) is 0 Å². The standard InChI is InChI=1S/C56H109NO5/c1-3-5-7-9-11-13-15-17-18-21-25-28-32-36-40-44-48-54(59)53(52-58)57-55(60)49-45-41-37-33-29-26-22-19-20-23-27-31-35-39-43-47-51-62-56(61)50-46-42-38-34-30-24-16-14-12-10-8-6-4-2/h14,16,53-54,58-59H,3-13,15,17-52H2,1-2H3,(H,57,60)/b16-14-. The second kappa shape index (κ2) is 52.2. The van der Waals surface area contributed by atoms with Crippen molar-refractivity contribution in [2.75, 3.05) is 13.2 Å². The normalized spacial score (nSPS) is 12.6. The van der Waals surface area contributed by atoms with Crippen molar-refractivity contribution in [3.05, 3.63) is 12.2 Å². The van der Waals surface area contributed by atoms with Crippen LogP contribution in [0.3, 0.4) is 0 Å². The van der Waals surface area contributed by atoms with Gasteiger partial charge in [0, 0.05) is 12.8 Å². The molecule has 2 unspecified atom stereocenters. The fourth-order valence-electron chi connectivity index (χ4n) is 8.75. The van der Waals surface area contributed by atoms with Crippen LogP contribution in [0.1, 0.15) is 309 Å². The first-order valence-corrected chi connectivity index (χ1v) is 27.9. The average Bonchev–Trinajstić information content (AvgIpc) is 3.27. The van der Waals surface area contributed by atoms with Gasteiger partial charge in [-0.2, -0.15) is 0 Å². The van der Waals surface area contributed by atoms with E-state index in [0.717, 1.165) is 44.9 Å². The van der Waals surface area contributed by atoms with E-state index in [2.05, 4.69) is 31.3 Å². The van der Waals surface area contributed by atoms with Gasteiger partial charge < -0.3 is 20.3 Å². The van der Waals surface area contributed by atoms with Crippen molar-refractivity contribution in [3.63, 3.8) is 0 Å². The summed E-state index contributed by atoms with van der Waals surface area (Å²) in [7, 11) is 0. The monoisotopic (exact) mass is 876 g/mol. The molecule has 0 bridgehead atoms. The minimum absolute atomic E-state index is 0.00555. The number of nitrogens with one attached hydrogen (secondary N) is 1. The zero-order chi connectivity index (χ0) is 45.1. The summed E-state index contributed by atoms with van der Waals surface area (Å²) in [5.41, 5.74) is 0. The largest absolute Gasteiger partial charge is 0.466 e. The molecule has 62 heavy (non-hydrogen) atoms. The van der Waals surface area contributed by atoms with E-state index in [-0.39, 0.29) is 18.5 Å². The third-order valence-corrected chi connectivity index (χ3v) is 13.1. The van der Waals surface area contributed by atoms with E-state index in [9.17, 15) is 19.8 Å². The molecule has 0 aromatic heterocycles. The zero-order valence-electron chi connectivity index (χ0n) is 41.9. The van der Waals surface area contributed by atoms with E-state index < -0.39 is 12.1 Å². The van der Waals surface area contributed by atoms with E-state index in [1.807, 2.05) is 0 Å². The molecule has 1 amide bonds. The first-order chi connectivity index (χ1) is 30.5. The summed E-state index contributed by atoms with van der Waals surface area (Å²) in [5.74, 6) is -0.0455. The molecule has 0 aromatic rings. The molecule has 6 nitrogen and oxygen atoms in total. The van der Waals surface area contributed by atoms with Crippen LogP contribution in [0.15, 0.2) is 12.2 Å². The highest BCUT2D eigenvalue weighted by Crippen LogP contribution is 2.17. The molecule has 0 aromatic carbocycles. The summed E-state index contributed by atoms with van der Waals surface area (Å²) >= 11 is 0. The highest BCUT2D eigenvalue weighted by Gasteiger charge is 2.20. The van der Waals surface area contributed by atoms with Gasteiger partial charge >= 0.3 is 5.97 Å². The number of carbonyl (C=O) groups excluding carboxylic acids is 2. The second-order valence-electron chi connectivity index (χ2n) is 19.3. The zero-order valence-corrected chi connectivity index (χ0v) is 41.9. The predicted octanol–water partition coefficient (Wildman–Crippen LogP) is 16.9. The Morgan fingerprint density at radius 2 is 0.758 bits per heavy atom. The van der Waals surface area contributed by atoms with Gasteiger partial charge in [0.2, 0.25) is 5.91 Å². The van der Waals surface area contributed by atoms with Crippen LogP contribution in [-0.2, 0) is 14.3 Å². The molecule has 0 saturated carbocycles. The van der Waals surface area contributed by atoms with Gasteiger partial charge in [0.15, 0.2) is 0 Å². The maximum atomic E-state index is 12.5. The van der Waals surface area contributed by atoms with Gasteiger partial charge in [0.05, 0.1) is 25.4 Å². The molecule has 0 radical (unpaired) electrons. The molecule has 0 spiro atoms. The lowest BCUT2D eigenvalue weighted by atomic mass is 10.0. The topological polar surface area (TPSA) is 95.9 Å². The molecule has 6 heteroatoms. The van der Waals surface area contributed by atoms with E-state index in [0.29, 0.717) is 25.9 Å². The Morgan fingerprint density at radius 1 is 0.435 bits per heavy atom. The van der Waals surface area contributed by atoms with Crippen molar-refractivity contribution in [1.82, 2.24) is 5.32 Å². The van der Waals surface area contributed by atoms with Crippen molar-refractivity contribution < 1.29 is 24.5 Å². The highest BCUT2D eigenvalue weighted by atomic mass is 16.5. The van der Waals surface area contributed by atoms with Crippen molar-refractivity contribution in [1.29, 1.82) is 0 Å². The number of ether oxygens (including phenoxy) is 1. The van der Waals surface area contributed by atoms with Crippen LogP contribution >= 0.6 is 0 Å². The minimum atomic E-state index is -0.668. The second-order valence-corrected chi connectivity index (χ2v) is 19.3. The van der Waals surface area contributed by atoms with Crippen molar-refractivity contribution >= 4 is 11.9 Å². The average molecular weight is 876 g/mol. The number of hydrogen-bond acceptors (Lipinski definition) is 5. The summed E-state index contributed by atoms with van der Waals surface area (Å²) in [6.07, 6.45) is 60.4. The van der Waals surface area contributed by atoms with Gasteiger partial charge in [0.1, 0.15) is 0 Å². The van der Waals surface area contributed by atoms with Crippen LogP contribution in [0.2, 0.25) is 0 Å². The quantitative estimate of drug-likeness (QED) is 0.0321. The van der Waals surface area contributed by atoms with Gasteiger partial charge in [-0.15, -0.1) is 0 Å². The molecular formula is C56H109NO5. The minimum Gasteiger partial charge on any atom is -0.466 e. The summed E-state index contributed by atoms with van der Waals surface area (Å²) in [6, 6.07) is -0.546.